The summed E-state index contributed by atoms with van der Waals surface area (Å²) in [5.74, 6) is -2.49. The van der Waals surface area contributed by atoms with Crippen molar-refractivity contribution in [3.8, 4) is 0 Å². The number of rotatable bonds is 3. The van der Waals surface area contributed by atoms with Crippen LogP contribution in [0.4, 0.5) is 13.2 Å². The second-order valence-corrected chi connectivity index (χ2v) is 3.05. The van der Waals surface area contributed by atoms with Crippen molar-refractivity contribution >= 4 is 17.6 Å². The van der Waals surface area contributed by atoms with Gasteiger partial charge in [-0.05, 0) is 6.07 Å². The van der Waals surface area contributed by atoms with Crippen molar-refractivity contribution < 1.29 is 22.7 Å². The van der Waals surface area contributed by atoms with E-state index in [4.69, 9.17) is 11.6 Å². The van der Waals surface area contributed by atoms with E-state index in [2.05, 4.69) is 9.72 Å². The zero-order valence-electron chi connectivity index (χ0n) is 8.14. The van der Waals surface area contributed by atoms with E-state index < -0.39 is 41.0 Å². The second-order valence-electron chi connectivity index (χ2n) is 2.78. The molecule has 0 unspecified atom stereocenters. The first-order valence-corrected chi connectivity index (χ1v) is 4.66. The Balaban J connectivity index is 3.35. The van der Waals surface area contributed by atoms with Gasteiger partial charge in [0.25, 0.3) is 6.43 Å². The Morgan fingerprint density at radius 3 is 2.69 bits per heavy atom. The predicted molar refractivity (Wildman–Crippen MR) is 50.0 cm³/mol. The van der Waals surface area contributed by atoms with E-state index in [0.717, 1.165) is 7.11 Å². The Morgan fingerprint density at radius 1 is 1.62 bits per heavy atom. The molecular weight excluding hydrogens is 247 g/mol. The maximum atomic E-state index is 13.5. The van der Waals surface area contributed by atoms with Crippen molar-refractivity contribution in [3.63, 3.8) is 0 Å². The Hall–Kier alpha value is -1.30. The molecule has 0 amide bonds. The Bertz CT molecular complexity index is 412. The maximum Gasteiger partial charge on any atom is 0.340 e. The van der Waals surface area contributed by atoms with Gasteiger partial charge in [0.05, 0.1) is 24.2 Å². The second kappa shape index (κ2) is 5.16. The van der Waals surface area contributed by atoms with E-state index in [9.17, 15) is 18.0 Å². The molecule has 0 radical (unpaired) electrons. The van der Waals surface area contributed by atoms with Crippen LogP contribution < -0.4 is 0 Å². The maximum absolute atomic E-state index is 13.5. The molecule has 0 fully saturated rings. The van der Waals surface area contributed by atoms with Crippen LogP contribution in [0.25, 0.3) is 0 Å². The van der Waals surface area contributed by atoms with Gasteiger partial charge in [0.15, 0.2) is 5.82 Å². The van der Waals surface area contributed by atoms with Crippen molar-refractivity contribution in [1.82, 2.24) is 4.98 Å². The molecule has 88 valence electrons. The molecule has 16 heavy (non-hydrogen) atoms. The van der Waals surface area contributed by atoms with Crippen LogP contribution in [0.15, 0.2) is 6.07 Å². The molecule has 0 aliphatic rings. The first-order valence-electron chi connectivity index (χ1n) is 4.13. The lowest BCUT2D eigenvalue weighted by molar-refractivity contribution is 0.0594. The normalized spacial score (nSPS) is 10.6. The molecule has 0 aliphatic heterocycles. The summed E-state index contributed by atoms with van der Waals surface area (Å²) in [5.41, 5.74) is -1.71. The standard InChI is InChI=1S/C9H7ClF3NO2/c1-16-9(15)4-2-5(8(12)13)14-6(3-10)7(4)11/h2,8H,3H2,1H3. The zero-order chi connectivity index (χ0) is 12.3. The number of methoxy groups -OCH3 is 1. The number of hydrogen-bond acceptors (Lipinski definition) is 3. The van der Waals surface area contributed by atoms with Gasteiger partial charge in [0.2, 0.25) is 0 Å². The highest BCUT2D eigenvalue weighted by Gasteiger charge is 2.21. The van der Waals surface area contributed by atoms with Gasteiger partial charge in [-0.1, -0.05) is 0 Å². The van der Waals surface area contributed by atoms with Crippen LogP contribution in [-0.4, -0.2) is 18.1 Å². The fourth-order valence-electron chi connectivity index (χ4n) is 1.06. The summed E-state index contributed by atoms with van der Waals surface area (Å²) in [4.78, 5) is 14.4. The highest BCUT2D eigenvalue weighted by atomic mass is 35.5. The SMILES string of the molecule is COC(=O)c1cc(C(F)F)nc(CCl)c1F. The molecule has 7 heteroatoms. The Kier molecular flexibility index (Phi) is 4.12. The first-order chi connectivity index (χ1) is 7.51. The summed E-state index contributed by atoms with van der Waals surface area (Å²) in [7, 11) is 1.02. The number of halogens is 4. The number of pyridine rings is 1. The van der Waals surface area contributed by atoms with Crippen molar-refractivity contribution in [3.05, 3.63) is 28.8 Å². The third-order valence-corrected chi connectivity index (χ3v) is 2.05. The van der Waals surface area contributed by atoms with Gasteiger partial charge in [0, 0.05) is 0 Å². The van der Waals surface area contributed by atoms with Crippen LogP contribution in [0.3, 0.4) is 0 Å². The third-order valence-electron chi connectivity index (χ3n) is 1.80. The van der Waals surface area contributed by atoms with Gasteiger partial charge in [-0.25, -0.2) is 22.9 Å². The van der Waals surface area contributed by atoms with Gasteiger partial charge >= 0.3 is 5.97 Å². The average Bonchev–Trinajstić information content (AvgIpc) is 2.28. The number of hydrogen-bond donors (Lipinski definition) is 0. The smallest absolute Gasteiger partial charge is 0.340 e. The summed E-state index contributed by atoms with van der Waals surface area (Å²) in [6, 6.07) is 0.655. The fourth-order valence-corrected chi connectivity index (χ4v) is 1.24. The topological polar surface area (TPSA) is 39.2 Å². The minimum absolute atomic E-state index is 0.403. The number of alkyl halides is 3. The minimum atomic E-state index is -2.91. The molecule has 1 aromatic rings. The van der Waals surface area contributed by atoms with Crippen LogP contribution in [0.5, 0.6) is 0 Å². The summed E-state index contributed by atoms with van der Waals surface area (Å²) < 4.78 is 42.5. The highest BCUT2D eigenvalue weighted by molar-refractivity contribution is 6.17. The average molecular weight is 254 g/mol. The molecule has 0 bridgehead atoms. The molecule has 1 heterocycles. The van der Waals surface area contributed by atoms with E-state index in [1.54, 1.807) is 0 Å². The van der Waals surface area contributed by atoms with Gasteiger partial charge in [-0.2, -0.15) is 0 Å². The van der Waals surface area contributed by atoms with Gasteiger partial charge in [0.1, 0.15) is 5.69 Å². The summed E-state index contributed by atoms with van der Waals surface area (Å²) >= 11 is 5.33. The summed E-state index contributed by atoms with van der Waals surface area (Å²) in [5, 5.41) is 0. The molecule has 0 spiro atoms. The van der Waals surface area contributed by atoms with Crippen molar-refractivity contribution in [2.75, 3.05) is 7.11 Å². The monoisotopic (exact) mass is 253 g/mol. The molecule has 0 aliphatic carbocycles. The van der Waals surface area contributed by atoms with E-state index >= 15 is 0 Å². The third kappa shape index (κ3) is 2.44. The molecular formula is C9H7ClF3NO2. The van der Waals surface area contributed by atoms with Gasteiger partial charge < -0.3 is 4.74 Å². The van der Waals surface area contributed by atoms with Crippen LogP contribution in [0.2, 0.25) is 0 Å². The molecule has 0 N–H and O–H groups in total. The van der Waals surface area contributed by atoms with Crippen LogP contribution in [-0.2, 0) is 10.6 Å². The number of ether oxygens (including phenoxy) is 1. The number of aromatic nitrogens is 1. The summed E-state index contributed by atoms with van der Waals surface area (Å²) in [6.45, 7) is 0. The Labute approximate surface area is 94.2 Å². The molecule has 1 rings (SSSR count). The Morgan fingerprint density at radius 2 is 2.25 bits per heavy atom. The fraction of sp³-hybridized carbons (Fsp3) is 0.333. The number of esters is 1. The summed E-state index contributed by atoms with van der Waals surface area (Å²) in [6.07, 6.45) is -2.91. The van der Waals surface area contributed by atoms with Crippen molar-refractivity contribution in [2.24, 2.45) is 0 Å². The van der Waals surface area contributed by atoms with E-state index in [1.165, 1.54) is 0 Å². The van der Waals surface area contributed by atoms with E-state index in [1.807, 2.05) is 0 Å². The minimum Gasteiger partial charge on any atom is -0.465 e. The number of nitrogens with zero attached hydrogens (tertiary/aromatic N) is 1. The van der Waals surface area contributed by atoms with Crippen molar-refractivity contribution in [2.45, 2.75) is 12.3 Å². The van der Waals surface area contributed by atoms with Crippen LogP contribution >= 0.6 is 11.6 Å². The van der Waals surface area contributed by atoms with Gasteiger partial charge in [-0.15, -0.1) is 11.6 Å². The van der Waals surface area contributed by atoms with Crippen LogP contribution in [0, 0.1) is 5.82 Å². The molecule has 0 atom stereocenters. The van der Waals surface area contributed by atoms with Gasteiger partial charge in [-0.3, -0.25) is 0 Å². The van der Waals surface area contributed by atoms with E-state index in [-0.39, 0.29) is 0 Å². The largest absolute Gasteiger partial charge is 0.465 e. The number of carbonyl (C=O) groups excluding carboxylic acids is 1. The van der Waals surface area contributed by atoms with Crippen LogP contribution in [0.1, 0.15) is 28.2 Å². The molecule has 3 nitrogen and oxygen atoms in total. The lowest BCUT2D eigenvalue weighted by Crippen LogP contribution is -2.10. The number of carbonyl (C=O) groups is 1. The lowest BCUT2D eigenvalue weighted by Gasteiger charge is -2.07. The molecule has 0 saturated heterocycles. The molecule has 1 aromatic heterocycles. The molecule has 0 aromatic carbocycles. The zero-order valence-corrected chi connectivity index (χ0v) is 8.89. The van der Waals surface area contributed by atoms with E-state index in [0.29, 0.717) is 6.07 Å². The predicted octanol–water partition coefficient (Wildman–Crippen LogP) is 2.68. The molecule has 0 saturated carbocycles. The highest BCUT2D eigenvalue weighted by Crippen LogP contribution is 2.22. The quantitative estimate of drug-likeness (QED) is 0.614. The lowest BCUT2D eigenvalue weighted by atomic mass is 10.2. The first kappa shape index (κ1) is 12.8. The van der Waals surface area contributed by atoms with Crippen molar-refractivity contribution in [1.29, 1.82) is 0 Å².